The molecule has 5 rings (SSSR count). The summed E-state index contributed by atoms with van der Waals surface area (Å²) in [5.74, 6) is -0.0360. The van der Waals surface area contributed by atoms with Crippen LogP contribution in [-0.4, -0.2) is 58.9 Å². The van der Waals surface area contributed by atoms with Crippen LogP contribution in [0.15, 0.2) is 48.0 Å². The lowest BCUT2D eigenvalue weighted by atomic mass is 9.90. The molecule has 3 amide bonds. The highest BCUT2D eigenvalue weighted by Crippen LogP contribution is 2.37. The van der Waals surface area contributed by atoms with Crippen molar-refractivity contribution in [1.82, 2.24) is 20.1 Å². The maximum atomic E-state index is 13.3. The first-order valence-electron chi connectivity index (χ1n) is 12.4. The van der Waals surface area contributed by atoms with Crippen LogP contribution in [0, 0.1) is 0 Å². The molecule has 6 nitrogen and oxygen atoms in total. The van der Waals surface area contributed by atoms with Gasteiger partial charge in [-0.1, -0.05) is 38.4 Å². The van der Waals surface area contributed by atoms with Crippen molar-refractivity contribution in [3.8, 4) is 21.6 Å². The largest absolute Gasteiger partial charge is 0.337 e. The van der Waals surface area contributed by atoms with Gasteiger partial charge in [-0.3, -0.25) is 9.78 Å². The maximum absolute atomic E-state index is 13.3. The molecule has 0 unspecified atom stereocenters. The zero-order chi connectivity index (χ0) is 25.4. The van der Waals surface area contributed by atoms with E-state index < -0.39 is 0 Å². The van der Waals surface area contributed by atoms with Gasteiger partial charge in [-0.05, 0) is 59.7 Å². The van der Waals surface area contributed by atoms with Crippen LogP contribution >= 0.6 is 22.9 Å². The predicted molar refractivity (Wildman–Crippen MR) is 146 cm³/mol. The number of amides is 3. The van der Waals surface area contributed by atoms with Gasteiger partial charge in [-0.2, -0.15) is 0 Å². The molecular weight excluding hydrogens is 492 g/mol. The molecule has 4 heterocycles. The van der Waals surface area contributed by atoms with E-state index in [1.807, 2.05) is 34.2 Å². The van der Waals surface area contributed by atoms with Crippen LogP contribution in [0.25, 0.3) is 21.6 Å². The minimum Gasteiger partial charge on any atom is -0.337 e. The maximum Gasteiger partial charge on any atom is 0.317 e. The molecule has 0 saturated carbocycles. The number of carbonyl (C=O) groups excluding carboxylic acids is 2. The second-order valence-electron chi connectivity index (χ2n) is 10.5. The van der Waals surface area contributed by atoms with E-state index in [2.05, 4.69) is 48.6 Å². The van der Waals surface area contributed by atoms with Crippen molar-refractivity contribution in [2.45, 2.75) is 45.1 Å². The number of piperidine rings is 1. The van der Waals surface area contributed by atoms with Crippen molar-refractivity contribution >= 4 is 34.9 Å². The van der Waals surface area contributed by atoms with E-state index in [1.165, 1.54) is 0 Å². The fourth-order valence-corrected chi connectivity index (χ4v) is 6.20. The minimum absolute atomic E-state index is 0.0180. The number of carbonyl (C=O) groups is 2. The standard InChI is InChI=1S/C28H31ClN4O2S/c1-28(2,3)25-15-18(8-9-30-25)20-14-24(36-17-20)22-7-6-19(13-23(22)29)26(34)32-11-4-5-21(16-32)33-12-10-31-27(33)35/h6-9,13-15,17,21H,4-5,10-12,16H2,1-3H3,(H,31,35)/t21-/m1/s1. The number of thiophene rings is 1. The lowest BCUT2D eigenvalue weighted by molar-refractivity contribution is 0.0634. The number of nitrogens with zero attached hydrogens (tertiary/aromatic N) is 3. The molecule has 2 saturated heterocycles. The van der Waals surface area contributed by atoms with Gasteiger partial charge in [0.15, 0.2) is 0 Å². The lowest BCUT2D eigenvalue weighted by Gasteiger charge is -2.37. The molecule has 2 fully saturated rings. The van der Waals surface area contributed by atoms with E-state index in [1.54, 1.807) is 17.4 Å². The van der Waals surface area contributed by atoms with Crippen LogP contribution in [0.2, 0.25) is 5.02 Å². The average molecular weight is 523 g/mol. The highest BCUT2D eigenvalue weighted by molar-refractivity contribution is 7.14. The number of aromatic nitrogens is 1. The Hall–Kier alpha value is -2.90. The molecule has 0 spiro atoms. The Kier molecular flexibility index (Phi) is 6.79. The van der Waals surface area contributed by atoms with Crippen LogP contribution < -0.4 is 5.32 Å². The molecule has 1 N–H and O–H groups in total. The van der Waals surface area contributed by atoms with Gasteiger partial charge in [-0.25, -0.2) is 4.79 Å². The highest BCUT2D eigenvalue weighted by Gasteiger charge is 2.33. The van der Waals surface area contributed by atoms with Gasteiger partial charge in [0.1, 0.15) is 0 Å². The molecule has 8 heteroatoms. The van der Waals surface area contributed by atoms with E-state index in [0.29, 0.717) is 36.8 Å². The summed E-state index contributed by atoms with van der Waals surface area (Å²) in [4.78, 5) is 34.7. The number of hydrogen-bond acceptors (Lipinski definition) is 4. The fraction of sp³-hybridized carbons (Fsp3) is 0.393. The Balaban J connectivity index is 1.33. The lowest BCUT2D eigenvalue weighted by Crippen LogP contribution is -2.50. The van der Waals surface area contributed by atoms with Crippen molar-refractivity contribution in [3.63, 3.8) is 0 Å². The van der Waals surface area contributed by atoms with Crippen LogP contribution in [0.1, 0.15) is 49.7 Å². The van der Waals surface area contributed by atoms with Gasteiger partial charge >= 0.3 is 6.03 Å². The summed E-state index contributed by atoms with van der Waals surface area (Å²) in [6, 6.07) is 11.9. The molecule has 2 aromatic heterocycles. The molecule has 2 aliphatic heterocycles. The van der Waals surface area contributed by atoms with Gasteiger partial charge in [0.2, 0.25) is 0 Å². The van der Waals surface area contributed by atoms with Gasteiger partial charge in [0.25, 0.3) is 5.91 Å². The summed E-state index contributed by atoms with van der Waals surface area (Å²) < 4.78 is 0. The van der Waals surface area contributed by atoms with Crippen molar-refractivity contribution in [2.75, 3.05) is 26.2 Å². The normalized spacial score (nSPS) is 18.4. The molecule has 36 heavy (non-hydrogen) atoms. The number of urea groups is 1. The summed E-state index contributed by atoms with van der Waals surface area (Å²) in [7, 11) is 0. The predicted octanol–water partition coefficient (Wildman–Crippen LogP) is 6.06. The van der Waals surface area contributed by atoms with Crippen LogP contribution in [-0.2, 0) is 5.41 Å². The SMILES string of the molecule is CC(C)(C)c1cc(-c2csc(-c3ccc(C(=O)N4CCC[C@@H](N5CCNC5=O)C4)cc3Cl)c2)ccn1. The topological polar surface area (TPSA) is 65.5 Å². The molecule has 0 bridgehead atoms. The number of halogens is 1. The summed E-state index contributed by atoms with van der Waals surface area (Å²) in [6.07, 6.45) is 3.67. The number of benzene rings is 1. The van der Waals surface area contributed by atoms with Crippen LogP contribution in [0.3, 0.4) is 0 Å². The van der Waals surface area contributed by atoms with E-state index in [9.17, 15) is 9.59 Å². The van der Waals surface area contributed by atoms with Gasteiger partial charge in [0, 0.05) is 59.5 Å². The molecule has 0 radical (unpaired) electrons. The molecule has 1 aromatic carbocycles. The quantitative estimate of drug-likeness (QED) is 0.453. The number of nitrogens with one attached hydrogen (secondary N) is 1. The average Bonchev–Trinajstić information content (AvgIpc) is 3.52. The van der Waals surface area contributed by atoms with Crippen molar-refractivity contribution in [1.29, 1.82) is 0 Å². The van der Waals surface area contributed by atoms with E-state index in [4.69, 9.17) is 11.6 Å². The monoisotopic (exact) mass is 522 g/mol. The van der Waals surface area contributed by atoms with Crippen molar-refractivity contribution in [3.05, 3.63) is 64.3 Å². The summed E-state index contributed by atoms with van der Waals surface area (Å²) in [6.45, 7) is 9.11. The van der Waals surface area contributed by atoms with Gasteiger partial charge in [-0.15, -0.1) is 11.3 Å². The third kappa shape index (κ3) is 5.00. The zero-order valence-corrected chi connectivity index (χ0v) is 22.5. The zero-order valence-electron chi connectivity index (χ0n) is 20.9. The number of rotatable bonds is 4. The third-order valence-electron chi connectivity index (χ3n) is 6.96. The van der Waals surface area contributed by atoms with Gasteiger partial charge < -0.3 is 15.1 Å². The smallest absolute Gasteiger partial charge is 0.317 e. The molecular formula is C28H31ClN4O2S. The number of likely N-dealkylation sites (tertiary alicyclic amines) is 1. The summed E-state index contributed by atoms with van der Waals surface area (Å²) in [5.41, 5.74) is 4.79. The van der Waals surface area contributed by atoms with Crippen molar-refractivity contribution < 1.29 is 9.59 Å². The van der Waals surface area contributed by atoms with Crippen molar-refractivity contribution in [2.24, 2.45) is 0 Å². The number of hydrogen-bond donors (Lipinski definition) is 1. The molecule has 0 aliphatic carbocycles. The molecule has 2 aliphatic rings. The Morgan fingerprint density at radius 1 is 1.14 bits per heavy atom. The highest BCUT2D eigenvalue weighted by atomic mass is 35.5. The van der Waals surface area contributed by atoms with Crippen LogP contribution in [0.4, 0.5) is 4.79 Å². The molecule has 3 aromatic rings. The van der Waals surface area contributed by atoms with Crippen LogP contribution in [0.5, 0.6) is 0 Å². The first-order valence-corrected chi connectivity index (χ1v) is 13.7. The molecule has 188 valence electrons. The third-order valence-corrected chi connectivity index (χ3v) is 8.23. The first kappa shape index (κ1) is 24.8. The minimum atomic E-state index is -0.0360. The van der Waals surface area contributed by atoms with Gasteiger partial charge in [0.05, 0.1) is 11.1 Å². The Morgan fingerprint density at radius 2 is 1.97 bits per heavy atom. The Morgan fingerprint density at radius 3 is 2.69 bits per heavy atom. The molecule has 1 atom stereocenters. The van der Waals surface area contributed by atoms with E-state index >= 15 is 0 Å². The summed E-state index contributed by atoms with van der Waals surface area (Å²) in [5, 5.41) is 5.55. The second-order valence-corrected chi connectivity index (χ2v) is 11.9. The van der Waals surface area contributed by atoms with E-state index in [-0.39, 0.29) is 23.4 Å². The number of pyridine rings is 1. The van der Waals surface area contributed by atoms with E-state index in [0.717, 1.165) is 40.1 Å². The fourth-order valence-electron chi connectivity index (χ4n) is 4.91. The first-order chi connectivity index (χ1) is 17.2. The Labute approximate surface area is 221 Å². The summed E-state index contributed by atoms with van der Waals surface area (Å²) >= 11 is 8.34. The second kappa shape index (κ2) is 9.87. The Bertz CT molecular complexity index is 1300.